The molecular formula is C23H22N2O3. The fourth-order valence-corrected chi connectivity index (χ4v) is 3.05. The Balaban J connectivity index is 1.85. The molecule has 1 atom stereocenters. The normalized spacial score (nSPS) is 11.6. The van der Waals surface area contributed by atoms with Crippen molar-refractivity contribution in [1.82, 2.24) is 0 Å². The lowest BCUT2D eigenvalue weighted by Gasteiger charge is -2.20. The van der Waals surface area contributed by atoms with Crippen LogP contribution in [0.2, 0.25) is 0 Å². The van der Waals surface area contributed by atoms with Gasteiger partial charge in [0.05, 0.1) is 11.0 Å². The van der Waals surface area contributed by atoms with Gasteiger partial charge in [-0.05, 0) is 37.6 Å². The molecule has 1 unspecified atom stereocenters. The molecule has 28 heavy (non-hydrogen) atoms. The van der Waals surface area contributed by atoms with E-state index in [4.69, 9.17) is 0 Å². The van der Waals surface area contributed by atoms with Gasteiger partial charge < -0.3 is 5.32 Å². The lowest BCUT2D eigenvalue weighted by molar-refractivity contribution is -0.384. The number of nitrogens with zero attached hydrogens (tertiary/aromatic N) is 1. The minimum Gasteiger partial charge on any atom is -0.378 e. The van der Waals surface area contributed by atoms with Crippen molar-refractivity contribution in [1.29, 1.82) is 0 Å². The van der Waals surface area contributed by atoms with E-state index in [0.717, 1.165) is 22.4 Å². The van der Waals surface area contributed by atoms with Gasteiger partial charge in [0.15, 0.2) is 5.78 Å². The van der Waals surface area contributed by atoms with Crippen LogP contribution in [0.4, 0.5) is 11.4 Å². The molecule has 1 N–H and O–H groups in total. The number of anilines is 1. The number of carbonyl (C=O) groups excluding carboxylic acids is 1. The molecule has 142 valence electrons. The highest BCUT2D eigenvalue weighted by Crippen LogP contribution is 2.26. The first kappa shape index (κ1) is 19.3. The van der Waals surface area contributed by atoms with Crippen molar-refractivity contribution < 1.29 is 9.72 Å². The molecule has 0 heterocycles. The maximum atomic E-state index is 12.9. The van der Waals surface area contributed by atoms with E-state index in [-0.39, 0.29) is 23.9 Å². The highest BCUT2D eigenvalue weighted by atomic mass is 16.6. The lowest BCUT2D eigenvalue weighted by Crippen LogP contribution is -2.16. The molecule has 0 aromatic heterocycles. The molecule has 0 saturated heterocycles. The molecule has 0 aliphatic carbocycles. The Hall–Kier alpha value is -3.47. The first-order valence-electron chi connectivity index (χ1n) is 9.10. The highest BCUT2D eigenvalue weighted by molar-refractivity contribution is 5.96. The number of nitrogens with one attached hydrogen (secondary N) is 1. The Labute approximate surface area is 164 Å². The molecule has 0 amide bonds. The summed E-state index contributed by atoms with van der Waals surface area (Å²) >= 11 is 0. The molecule has 0 fully saturated rings. The van der Waals surface area contributed by atoms with Crippen molar-refractivity contribution in [3.05, 3.63) is 105 Å². The number of hydrogen-bond donors (Lipinski definition) is 1. The van der Waals surface area contributed by atoms with Gasteiger partial charge in [-0.3, -0.25) is 14.9 Å². The SMILES string of the molecule is Cc1ccc(C(CC(=O)c2cccc(C)c2)Nc2ccc([N+](=O)[O-])cc2)cc1. The summed E-state index contributed by atoms with van der Waals surface area (Å²) in [5.41, 5.74) is 4.62. The number of benzene rings is 3. The minimum atomic E-state index is -0.428. The third kappa shape index (κ3) is 4.82. The van der Waals surface area contributed by atoms with E-state index in [0.29, 0.717) is 5.56 Å². The van der Waals surface area contributed by atoms with Gasteiger partial charge in [-0.1, -0.05) is 53.6 Å². The minimum absolute atomic E-state index is 0.0354. The molecule has 0 radical (unpaired) electrons. The van der Waals surface area contributed by atoms with Gasteiger partial charge in [-0.2, -0.15) is 0 Å². The molecule has 3 aromatic carbocycles. The van der Waals surface area contributed by atoms with E-state index >= 15 is 0 Å². The van der Waals surface area contributed by atoms with Crippen molar-refractivity contribution >= 4 is 17.2 Å². The first-order chi connectivity index (χ1) is 13.4. The summed E-state index contributed by atoms with van der Waals surface area (Å²) in [6, 6.07) is 21.6. The fraction of sp³-hybridized carbons (Fsp3) is 0.174. The zero-order chi connectivity index (χ0) is 20.1. The number of hydrogen-bond acceptors (Lipinski definition) is 4. The smallest absolute Gasteiger partial charge is 0.269 e. The Morgan fingerprint density at radius 3 is 2.25 bits per heavy atom. The van der Waals surface area contributed by atoms with E-state index < -0.39 is 4.92 Å². The highest BCUT2D eigenvalue weighted by Gasteiger charge is 2.18. The van der Waals surface area contributed by atoms with Crippen molar-refractivity contribution in [2.24, 2.45) is 0 Å². The molecule has 0 bridgehead atoms. The summed E-state index contributed by atoms with van der Waals surface area (Å²) < 4.78 is 0. The standard InChI is InChI=1S/C23H22N2O3/c1-16-6-8-18(9-7-16)22(15-23(26)19-5-3-4-17(2)14-19)24-20-10-12-21(13-11-20)25(27)28/h3-14,22,24H,15H2,1-2H3. The number of non-ortho nitro benzene ring substituents is 1. The summed E-state index contributed by atoms with van der Waals surface area (Å²) in [4.78, 5) is 23.3. The van der Waals surface area contributed by atoms with Gasteiger partial charge in [0, 0.05) is 29.8 Å². The van der Waals surface area contributed by atoms with Gasteiger partial charge in [0.1, 0.15) is 0 Å². The monoisotopic (exact) mass is 374 g/mol. The van der Waals surface area contributed by atoms with Crippen LogP contribution in [-0.4, -0.2) is 10.7 Å². The third-order valence-electron chi connectivity index (χ3n) is 4.63. The molecule has 0 saturated carbocycles. The Bertz CT molecular complexity index is 979. The van der Waals surface area contributed by atoms with Gasteiger partial charge in [-0.25, -0.2) is 0 Å². The van der Waals surface area contributed by atoms with Crippen molar-refractivity contribution in [2.45, 2.75) is 26.3 Å². The average molecular weight is 374 g/mol. The van der Waals surface area contributed by atoms with Crippen LogP contribution in [0.25, 0.3) is 0 Å². The molecule has 3 rings (SSSR count). The molecule has 5 heteroatoms. The maximum absolute atomic E-state index is 12.9. The average Bonchev–Trinajstić information content (AvgIpc) is 2.68. The second-order valence-corrected chi connectivity index (χ2v) is 6.91. The summed E-state index contributed by atoms with van der Waals surface area (Å²) in [6.07, 6.45) is 0.281. The fourth-order valence-electron chi connectivity index (χ4n) is 3.05. The summed E-state index contributed by atoms with van der Waals surface area (Å²) in [7, 11) is 0. The Kier molecular flexibility index (Phi) is 5.84. The van der Waals surface area contributed by atoms with Gasteiger partial charge >= 0.3 is 0 Å². The van der Waals surface area contributed by atoms with Crippen LogP contribution >= 0.6 is 0 Å². The molecule has 5 nitrogen and oxygen atoms in total. The van der Waals surface area contributed by atoms with E-state index in [1.165, 1.54) is 12.1 Å². The zero-order valence-electron chi connectivity index (χ0n) is 15.9. The predicted octanol–water partition coefficient (Wildman–Crippen LogP) is 5.64. The van der Waals surface area contributed by atoms with Crippen LogP contribution in [0.15, 0.2) is 72.8 Å². The Morgan fingerprint density at radius 1 is 0.964 bits per heavy atom. The van der Waals surface area contributed by atoms with Gasteiger partial charge in [0.2, 0.25) is 0 Å². The van der Waals surface area contributed by atoms with E-state index in [9.17, 15) is 14.9 Å². The third-order valence-corrected chi connectivity index (χ3v) is 4.63. The van der Waals surface area contributed by atoms with Crippen molar-refractivity contribution in [3.63, 3.8) is 0 Å². The summed E-state index contributed by atoms with van der Waals surface area (Å²) in [5, 5.41) is 14.2. The Morgan fingerprint density at radius 2 is 1.64 bits per heavy atom. The van der Waals surface area contributed by atoms with Crippen LogP contribution in [0, 0.1) is 24.0 Å². The number of Topliss-reactive ketones (excluding diaryl/α,β-unsaturated/α-hetero) is 1. The molecule has 0 spiro atoms. The van der Waals surface area contributed by atoms with Gasteiger partial charge in [-0.15, -0.1) is 0 Å². The predicted molar refractivity (Wildman–Crippen MR) is 111 cm³/mol. The second kappa shape index (κ2) is 8.48. The topological polar surface area (TPSA) is 72.2 Å². The second-order valence-electron chi connectivity index (χ2n) is 6.91. The van der Waals surface area contributed by atoms with E-state index in [1.54, 1.807) is 12.1 Å². The number of nitro benzene ring substituents is 1. The van der Waals surface area contributed by atoms with E-state index in [1.807, 2.05) is 62.4 Å². The maximum Gasteiger partial charge on any atom is 0.269 e. The van der Waals surface area contributed by atoms with Crippen LogP contribution in [0.1, 0.15) is 39.5 Å². The van der Waals surface area contributed by atoms with Crippen molar-refractivity contribution in [2.75, 3.05) is 5.32 Å². The first-order valence-corrected chi connectivity index (χ1v) is 9.10. The molecule has 3 aromatic rings. The largest absolute Gasteiger partial charge is 0.378 e. The molecule has 0 aliphatic rings. The van der Waals surface area contributed by atoms with Gasteiger partial charge in [0.25, 0.3) is 5.69 Å². The van der Waals surface area contributed by atoms with E-state index in [2.05, 4.69) is 5.32 Å². The molecular weight excluding hydrogens is 352 g/mol. The van der Waals surface area contributed by atoms with Crippen LogP contribution < -0.4 is 5.32 Å². The zero-order valence-corrected chi connectivity index (χ0v) is 15.9. The summed E-state index contributed by atoms with van der Waals surface area (Å²) in [5.74, 6) is 0.0451. The number of carbonyl (C=O) groups is 1. The van der Waals surface area contributed by atoms with Crippen LogP contribution in [0.5, 0.6) is 0 Å². The summed E-state index contributed by atoms with van der Waals surface area (Å²) in [6.45, 7) is 3.98. The number of rotatable bonds is 7. The van der Waals surface area contributed by atoms with Crippen LogP contribution in [0.3, 0.4) is 0 Å². The quantitative estimate of drug-likeness (QED) is 0.330. The van der Waals surface area contributed by atoms with Crippen LogP contribution in [-0.2, 0) is 0 Å². The number of aryl methyl sites for hydroxylation is 2. The number of ketones is 1. The van der Waals surface area contributed by atoms with Crippen molar-refractivity contribution in [3.8, 4) is 0 Å². The molecule has 0 aliphatic heterocycles. The number of nitro groups is 1. The lowest BCUT2D eigenvalue weighted by atomic mass is 9.96.